The molecule has 0 aromatic heterocycles. The lowest BCUT2D eigenvalue weighted by molar-refractivity contribution is 0.556. The van der Waals surface area contributed by atoms with Crippen LogP contribution in [0.25, 0.3) is 0 Å². The molecule has 3 rings (SSSR count). The summed E-state index contributed by atoms with van der Waals surface area (Å²) in [5.74, 6) is 0. The minimum absolute atomic E-state index is 0.202. The van der Waals surface area contributed by atoms with Crippen molar-refractivity contribution in [1.29, 1.82) is 0 Å². The van der Waals surface area contributed by atoms with Crippen LogP contribution in [0.1, 0.15) is 38.2 Å². The van der Waals surface area contributed by atoms with Gasteiger partial charge in [0.1, 0.15) is 0 Å². The fraction of sp³-hybridized carbons (Fsp3) is 0.600. The van der Waals surface area contributed by atoms with Gasteiger partial charge in [0.05, 0.1) is 10.7 Å². The Balaban J connectivity index is 1.89. The van der Waals surface area contributed by atoms with E-state index in [1.165, 1.54) is 36.9 Å². The number of nitrogens with zero attached hydrogens (tertiary/aromatic N) is 1. The first kappa shape index (κ1) is 12.3. The molecule has 1 aromatic rings. The third kappa shape index (κ3) is 1.92. The van der Waals surface area contributed by atoms with Crippen molar-refractivity contribution in [3.8, 4) is 0 Å². The summed E-state index contributed by atoms with van der Waals surface area (Å²) in [6, 6.07) is 6.78. The SMILES string of the molecule is CC(N)C1(c2ccc(N3CCCC3)c(Cl)c2)CC1. The van der Waals surface area contributed by atoms with Crippen LogP contribution < -0.4 is 10.6 Å². The Morgan fingerprint density at radius 2 is 1.94 bits per heavy atom. The molecular weight excluding hydrogens is 244 g/mol. The fourth-order valence-electron chi connectivity index (χ4n) is 3.17. The zero-order valence-electron chi connectivity index (χ0n) is 11.0. The van der Waals surface area contributed by atoms with Gasteiger partial charge in [-0.25, -0.2) is 0 Å². The number of benzene rings is 1. The Kier molecular flexibility index (Phi) is 3.03. The lowest BCUT2D eigenvalue weighted by Crippen LogP contribution is -2.31. The predicted molar refractivity (Wildman–Crippen MR) is 77.5 cm³/mol. The molecule has 1 aliphatic heterocycles. The van der Waals surface area contributed by atoms with Gasteiger partial charge in [-0.05, 0) is 50.3 Å². The molecule has 2 fully saturated rings. The summed E-state index contributed by atoms with van der Waals surface area (Å²) < 4.78 is 0. The van der Waals surface area contributed by atoms with Gasteiger partial charge in [0, 0.05) is 24.5 Å². The van der Waals surface area contributed by atoms with E-state index >= 15 is 0 Å². The first-order valence-electron chi connectivity index (χ1n) is 6.94. The van der Waals surface area contributed by atoms with Crippen LogP contribution in [0.2, 0.25) is 5.02 Å². The van der Waals surface area contributed by atoms with Crippen molar-refractivity contribution in [1.82, 2.24) is 0 Å². The van der Waals surface area contributed by atoms with Gasteiger partial charge in [0.15, 0.2) is 0 Å². The average molecular weight is 265 g/mol. The maximum absolute atomic E-state index is 6.47. The number of hydrogen-bond acceptors (Lipinski definition) is 2. The molecular formula is C15H21ClN2. The van der Waals surface area contributed by atoms with Crippen molar-refractivity contribution < 1.29 is 0 Å². The van der Waals surface area contributed by atoms with Crippen LogP contribution in [0.5, 0.6) is 0 Å². The maximum Gasteiger partial charge on any atom is 0.0642 e. The monoisotopic (exact) mass is 264 g/mol. The number of halogens is 1. The summed E-state index contributed by atoms with van der Waals surface area (Å²) in [4.78, 5) is 2.39. The molecule has 1 unspecified atom stereocenters. The third-order valence-electron chi connectivity index (χ3n) is 4.63. The lowest BCUT2D eigenvalue weighted by atomic mass is 9.89. The highest BCUT2D eigenvalue weighted by molar-refractivity contribution is 6.33. The van der Waals surface area contributed by atoms with Crippen LogP contribution in [0.3, 0.4) is 0 Å². The van der Waals surface area contributed by atoms with Crippen molar-refractivity contribution in [3.63, 3.8) is 0 Å². The Bertz CT molecular complexity index is 446. The van der Waals surface area contributed by atoms with Gasteiger partial charge in [0.25, 0.3) is 0 Å². The molecule has 2 aliphatic rings. The van der Waals surface area contributed by atoms with E-state index in [1.807, 2.05) is 0 Å². The summed E-state index contributed by atoms with van der Waals surface area (Å²) in [7, 11) is 0. The van der Waals surface area contributed by atoms with Crippen molar-refractivity contribution in [2.24, 2.45) is 5.73 Å². The second-order valence-corrected chi connectivity index (χ2v) is 6.21. The van der Waals surface area contributed by atoms with E-state index in [0.717, 1.165) is 18.1 Å². The minimum atomic E-state index is 0.202. The van der Waals surface area contributed by atoms with Crippen LogP contribution in [0.4, 0.5) is 5.69 Å². The molecule has 1 aliphatic carbocycles. The molecule has 18 heavy (non-hydrogen) atoms. The molecule has 1 saturated carbocycles. The molecule has 1 aromatic carbocycles. The largest absolute Gasteiger partial charge is 0.370 e. The second-order valence-electron chi connectivity index (χ2n) is 5.81. The predicted octanol–water partition coefficient (Wildman–Crippen LogP) is 3.32. The Hall–Kier alpha value is -0.730. The van der Waals surface area contributed by atoms with Gasteiger partial charge >= 0.3 is 0 Å². The normalized spacial score (nSPS) is 23.2. The van der Waals surface area contributed by atoms with Gasteiger partial charge in [-0.15, -0.1) is 0 Å². The molecule has 98 valence electrons. The van der Waals surface area contributed by atoms with Crippen LogP contribution in [0.15, 0.2) is 18.2 Å². The van der Waals surface area contributed by atoms with E-state index < -0.39 is 0 Å². The van der Waals surface area contributed by atoms with Gasteiger partial charge in [-0.1, -0.05) is 17.7 Å². The zero-order chi connectivity index (χ0) is 12.8. The molecule has 0 bridgehead atoms. The molecule has 2 nitrogen and oxygen atoms in total. The summed E-state index contributed by atoms with van der Waals surface area (Å²) in [5, 5.41) is 0.890. The van der Waals surface area contributed by atoms with E-state index in [-0.39, 0.29) is 11.5 Å². The van der Waals surface area contributed by atoms with Crippen molar-refractivity contribution in [2.45, 2.75) is 44.1 Å². The molecule has 3 heteroatoms. The standard InChI is InChI=1S/C15H21ClN2/c1-11(17)15(6-7-15)12-4-5-14(13(16)10-12)18-8-2-3-9-18/h4-5,10-11H,2-3,6-9,17H2,1H3. The molecule has 0 spiro atoms. The number of nitrogens with two attached hydrogens (primary N) is 1. The summed E-state index contributed by atoms with van der Waals surface area (Å²) >= 11 is 6.47. The first-order chi connectivity index (χ1) is 8.63. The number of anilines is 1. The number of rotatable bonds is 3. The molecule has 2 N–H and O–H groups in total. The summed E-state index contributed by atoms with van der Waals surface area (Å²) in [5.41, 5.74) is 8.84. The quantitative estimate of drug-likeness (QED) is 0.908. The summed E-state index contributed by atoms with van der Waals surface area (Å²) in [6.45, 7) is 4.38. The van der Waals surface area contributed by atoms with E-state index in [9.17, 15) is 0 Å². The van der Waals surface area contributed by atoms with Crippen LogP contribution >= 0.6 is 11.6 Å². The third-order valence-corrected chi connectivity index (χ3v) is 4.93. The smallest absolute Gasteiger partial charge is 0.0642 e. The van der Waals surface area contributed by atoms with Crippen molar-refractivity contribution in [2.75, 3.05) is 18.0 Å². The lowest BCUT2D eigenvalue weighted by Gasteiger charge is -2.24. The van der Waals surface area contributed by atoms with E-state index in [4.69, 9.17) is 17.3 Å². The molecule has 0 radical (unpaired) electrons. The first-order valence-corrected chi connectivity index (χ1v) is 7.32. The summed E-state index contributed by atoms with van der Waals surface area (Å²) in [6.07, 6.45) is 4.96. The van der Waals surface area contributed by atoms with Gasteiger partial charge in [0.2, 0.25) is 0 Å². The highest BCUT2D eigenvalue weighted by atomic mass is 35.5. The topological polar surface area (TPSA) is 29.3 Å². The van der Waals surface area contributed by atoms with Gasteiger partial charge in [-0.2, -0.15) is 0 Å². The Labute approximate surface area is 114 Å². The van der Waals surface area contributed by atoms with Gasteiger partial charge < -0.3 is 10.6 Å². The van der Waals surface area contributed by atoms with Crippen LogP contribution in [0, 0.1) is 0 Å². The van der Waals surface area contributed by atoms with Crippen molar-refractivity contribution in [3.05, 3.63) is 28.8 Å². The Morgan fingerprint density at radius 3 is 2.44 bits per heavy atom. The zero-order valence-corrected chi connectivity index (χ0v) is 11.7. The van der Waals surface area contributed by atoms with E-state index in [2.05, 4.69) is 30.0 Å². The fourth-order valence-corrected chi connectivity index (χ4v) is 3.47. The number of hydrogen-bond donors (Lipinski definition) is 1. The minimum Gasteiger partial charge on any atom is -0.370 e. The molecule has 0 amide bonds. The second kappa shape index (κ2) is 4.43. The van der Waals surface area contributed by atoms with Crippen molar-refractivity contribution >= 4 is 17.3 Å². The molecule has 1 saturated heterocycles. The van der Waals surface area contributed by atoms with E-state index in [1.54, 1.807) is 0 Å². The molecule has 1 heterocycles. The van der Waals surface area contributed by atoms with Crippen LogP contribution in [-0.2, 0) is 5.41 Å². The Morgan fingerprint density at radius 1 is 1.28 bits per heavy atom. The maximum atomic E-state index is 6.47. The highest BCUT2D eigenvalue weighted by Gasteiger charge is 2.47. The molecule has 1 atom stereocenters. The van der Waals surface area contributed by atoms with Gasteiger partial charge in [-0.3, -0.25) is 0 Å². The van der Waals surface area contributed by atoms with E-state index in [0.29, 0.717) is 0 Å². The highest BCUT2D eigenvalue weighted by Crippen LogP contribution is 2.51. The van der Waals surface area contributed by atoms with Crippen LogP contribution in [-0.4, -0.2) is 19.1 Å². The average Bonchev–Trinajstić information content (AvgIpc) is 2.99.